The van der Waals surface area contributed by atoms with Crippen molar-refractivity contribution in [2.45, 2.75) is 18.1 Å². The predicted octanol–water partition coefficient (Wildman–Crippen LogP) is 2.72. The minimum Gasteiger partial charge on any atom is -0.469 e. The molecule has 0 saturated carbocycles. The monoisotopic (exact) mass is 411 g/mol. The predicted molar refractivity (Wildman–Crippen MR) is 105 cm³/mol. The number of carbonyl (C=O) groups excluding carboxylic acids is 3. The Labute approximate surface area is 170 Å². The minimum atomic E-state index is -0.327. The Morgan fingerprint density at radius 3 is 2.45 bits per heavy atom. The average molecular weight is 411 g/mol. The fourth-order valence-electron chi connectivity index (χ4n) is 3.21. The molecule has 1 aromatic heterocycles. The Kier molecular flexibility index (Phi) is 5.30. The number of aromatic nitrogens is 2. The summed E-state index contributed by atoms with van der Waals surface area (Å²) in [6, 6.07) is 10.9. The van der Waals surface area contributed by atoms with Gasteiger partial charge in [-0.1, -0.05) is 36.0 Å². The fourth-order valence-corrected chi connectivity index (χ4v) is 3.91. The summed E-state index contributed by atoms with van der Waals surface area (Å²) < 4.78 is 10.1. The lowest BCUT2D eigenvalue weighted by Crippen LogP contribution is -2.41. The van der Waals surface area contributed by atoms with Crippen molar-refractivity contribution in [3.8, 4) is 0 Å². The number of esters is 1. The normalized spacial score (nSPS) is 13.2. The topological polar surface area (TPSA) is 103 Å². The van der Waals surface area contributed by atoms with Crippen LogP contribution >= 0.6 is 11.8 Å². The van der Waals surface area contributed by atoms with E-state index in [1.165, 1.54) is 23.8 Å². The number of hydrogen-bond acceptors (Lipinski definition) is 8. The van der Waals surface area contributed by atoms with Gasteiger partial charge in [-0.15, -0.1) is 10.2 Å². The van der Waals surface area contributed by atoms with Gasteiger partial charge in [-0.3, -0.25) is 19.3 Å². The van der Waals surface area contributed by atoms with Crippen molar-refractivity contribution < 1.29 is 23.5 Å². The second kappa shape index (κ2) is 8.04. The lowest BCUT2D eigenvalue weighted by Gasteiger charge is -2.26. The van der Waals surface area contributed by atoms with Gasteiger partial charge in [0.2, 0.25) is 5.89 Å². The molecule has 0 saturated heterocycles. The number of rotatable bonds is 7. The molecule has 29 heavy (non-hydrogen) atoms. The summed E-state index contributed by atoms with van der Waals surface area (Å²) in [5.41, 5.74) is 1.03. The van der Waals surface area contributed by atoms with E-state index in [1.54, 1.807) is 12.1 Å². The maximum absolute atomic E-state index is 12.9. The second-order valence-corrected chi connectivity index (χ2v) is 7.40. The smallest absolute Gasteiger partial charge is 0.306 e. The number of nitrogens with zero attached hydrogens (tertiary/aromatic N) is 3. The fraction of sp³-hybridized carbons (Fsp3) is 0.250. The van der Waals surface area contributed by atoms with Crippen molar-refractivity contribution in [2.75, 3.05) is 19.4 Å². The molecule has 1 aliphatic rings. The number of imide groups is 1. The first-order valence-electron chi connectivity index (χ1n) is 8.98. The van der Waals surface area contributed by atoms with Crippen LogP contribution in [0.15, 0.2) is 46.0 Å². The summed E-state index contributed by atoms with van der Waals surface area (Å²) in [7, 11) is 1.33. The highest BCUT2D eigenvalue weighted by molar-refractivity contribution is 7.99. The zero-order valence-corrected chi connectivity index (χ0v) is 16.4. The number of benzene rings is 2. The Hall–Kier alpha value is -3.20. The summed E-state index contributed by atoms with van der Waals surface area (Å²) in [4.78, 5) is 38.1. The number of carbonyl (C=O) groups is 3. The van der Waals surface area contributed by atoms with Gasteiger partial charge in [0.1, 0.15) is 0 Å². The van der Waals surface area contributed by atoms with Crippen LogP contribution in [-0.2, 0) is 16.0 Å². The number of hydrogen-bond donors (Lipinski definition) is 0. The van der Waals surface area contributed by atoms with Gasteiger partial charge in [0.15, 0.2) is 0 Å². The molecule has 0 bridgehead atoms. The molecular formula is C20H17N3O5S. The molecular weight excluding hydrogens is 394 g/mol. The molecule has 0 N–H and O–H groups in total. The number of ether oxygens (including phenoxy) is 1. The van der Waals surface area contributed by atoms with Gasteiger partial charge in [-0.25, -0.2) is 0 Å². The van der Waals surface area contributed by atoms with Crippen molar-refractivity contribution in [2.24, 2.45) is 0 Å². The van der Waals surface area contributed by atoms with Crippen LogP contribution in [-0.4, -0.2) is 52.3 Å². The van der Waals surface area contributed by atoms with Crippen molar-refractivity contribution >= 4 is 40.3 Å². The first kappa shape index (κ1) is 19.1. The van der Waals surface area contributed by atoms with E-state index < -0.39 is 0 Å². The van der Waals surface area contributed by atoms with Crippen LogP contribution in [0.2, 0.25) is 0 Å². The number of amides is 2. The Bertz CT molecular complexity index is 1060. The highest BCUT2D eigenvalue weighted by atomic mass is 32.2. The van der Waals surface area contributed by atoms with Gasteiger partial charge in [-0.05, 0) is 17.5 Å². The van der Waals surface area contributed by atoms with Crippen LogP contribution in [0.3, 0.4) is 0 Å². The van der Waals surface area contributed by atoms with E-state index in [0.717, 1.165) is 5.39 Å². The maximum atomic E-state index is 12.9. The van der Waals surface area contributed by atoms with Gasteiger partial charge in [-0.2, -0.15) is 0 Å². The van der Waals surface area contributed by atoms with E-state index in [2.05, 4.69) is 14.9 Å². The van der Waals surface area contributed by atoms with Crippen molar-refractivity contribution in [1.29, 1.82) is 0 Å². The Balaban J connectivity index is 1.44. The van der Waals surface area contributed by atoms with Crippen molar-refractivity contribution in [1.82, 2.24) is 15.1 Å². The van der Waals surface area contributed by atoms with E-state index >= 15 is 0 Å². The van der Waals surface area contributed by atoms with Crippen LogP contribution in [0.4, 0.5) is 0 Å². The number of methoxy groups -OCH3 is 1. The molecule has 0 atom stereocenters. The van der Waals surface area contributed by atoms with Gasteiger partial charge >= 0.3 is 5.97 Å². The minimum absolute atomic E-state index is 0.136. The largest absolute Gasteiger partial charge is 0.469 e. The van der Waals surface area contributed by atoms with Crippen LogP contribution in [0, 0.1) is 0 Å². The molecule has 148 valence electrons. The maximum Gasteiger partial charge on any atom is 0.306 e. The van der Waals surface area contributed by atoms with E-state index in [0.29, 0.717) is 33.4 Å². The van der Waals surface area contributed by atoms with Crippen LogP contribution in [0.5, 0.6) is 0 Å². The highest BCUT2D eigenvalue weighted by Gasteiger charge is 2.32. The summed E-state index contributed by atoms with van der Waals surface area (Å²) in [5.74, 6) is -0.186. The van der Waals surface area contributed by atoms with E-state index in [9.17, 15) is 14.4 Å². The molecule has 0 spiro atoms. The molecule has 3 aromatic rings. The molecule has 2 amide bonds. The lowest BCUT2D eigenvalue weighted by molar-refractivity contribution is -0.140. The molecule has 9 heteroatoms. The summed E-state index contributed by atoms with van der Waals surface area (Å²) in [5, 5.41) is 9.76. The van der Waals surface area contributed by atoms with Gasteiger partial charge < -0.3 is 9.15 Å². The van der Waals surface area contributed by atoms with Crippen LogP contribution < -0.4 is 0 Å². The highest BCUT2D eigenvalue weighted by Crippen LogP contribution is 2.30. The zero-order valence-electron chi connectivity index (χ0n) is 15.6. The Morgan fingerprint density at radius 2 is 1.79 bits per heavy atom. The molecule has 2 heterocycles. The molecule has 0 fully saturated rings. The van der Waals surface area contributed by atoms with Crippen LogP contribution in [0.1, 0.15) is 33.0 Å². The molecule has 1 aliphatic heterocycles. The summed E-state index contributed by atoms with van der Waals surface area (Å²) >= 11 is 1.25. The molecule has 8 nitrogen and oxygen atoms in total. The molecule has 0 aliphatic carbocycles. The first-order chi connectivity index (χ1) is 14.1. The third kappa shape index (κ3) is 3.73. The van der Waals surface area contributed by atoms with Gasteiger partial charge in [0, 0.05) is 35.2 Å². The van der Waals surface area contributed by atoms with E-state index in [4.69, 9.17) is 4.42 Å². The molecule has 2 aromatic carbocycles. The first-order valence-corrected chi connectivity index (χ1v) is 9.97. The summed E-state index contributed by atoms with van der Waals surface area (Å²) in [6.45, 7) is 0.136. The quantitative estimate of drug-likeness (QED) is 0.332. The molecule has 0 unspecified atom stereocenters. The molecule has 4 rings (SSSR count). The average Bonchev–Trinajstić information content (AvgIpc) is 3.19. The van der Waals surface area contributed by atoms with Gasteiger partial charge in [0.25, 0.3) is 17.0 Å². The van der Waals surface area contributed by atoms with Crippen LogP contribution in [0.25, 0.3) is 10.8 Å². The second-order valence-electron chi connectivity index (χ2n) is 6.36. The third-order valence-corrected chi connectivity index (χ3v) is 5.43. The van der Waals surface area contributed by atoms with Gasteiger partial charge in [0.05, 0.1) is 13.5 Å². The van der Waals surface area contributed by atoms with E-state index in [1.807, 2.05) is 24.3 Å². The SMILES string of the molecule is COC(=O)CCSc1nnc(CCN2C(=O)c3cccc4cccc(c34)C2=O)o1. The van der Waals surface area contributed by atoms with Crippen molar-refractivity contribution in [3.05, 3.63) is 53.4 Å². The standard InChI is InChI=1S/C20H17N3O5S/c1-27-16(24)9-11-29-20-22-21-15(28-20)8-10-23-18(25)13-6-2-4-12-5-3-7-14(17(12)13)19(23)26/h2-7H,8-11H2,1H3. The van der Waals surface area contributed by atoms with E-state index in [-0.39, 0.29) is 37.2 Å². The lowest BCUT2D eigenvalue weighted by atomic mass is 9.94. The van der Waals surface area contributed by atoms with Crippen molar-refractivity contribution in [3.63, 3.8) is 0 Å². The summed E-state index contributed by atoms with van der Waals surface area (Å²) in [6.07, 6.45) is 0.487. The third-order valence-electron chi connectivity index (χ3n) is 4.61. The Morgan fingerprint density at radius 1 is 1.10 bits per heavy atom. The number of thioether (sulfide) groups is 1. The zero-order chi connectivity index (χ0) is 20.4. The molecule has 0 radical (unpaired) electrons.